The molecule has 1 heterocycles. The summed E-state index contributed by atoms with van der Waals surface area (Å²) in [6.07, 6.45) is -4.72. The highest BCUT2D eigenvalue weighted by Gasteiger charge is 2.39. The lowest BCUT2D eigenvalue weighted by Crippen LogP contribution is -2.09. The molecule has 1 aromatic heterocycles. The van der Waals surface area contributed by atoms with Crippen LogP contribution in [0.15, 0.2) is 24.3 Å². The number of aliphatic hydroxyl groups excluding tert-OH is 1. The third kappa shape index (κ3) is 2.48. The van der Waals surface area contributed by atoms with Crippen LogP contribution in [0.4, 0.5) is 13.2 Å². The normalized spacial score (nSPS) is 11.4. The minimum absolute atomic E-state index is 0.208. The minimum atomic E-state index is -4.72. The van der Waals surface area contributed by atoms with Gasteiger partial charge in [-0.15, -0.1) is 0 Å². The first-order valence-corrected chi connectivity index (χ1v) is 5.72. The van der Waals surface area contributed by atoms with Crippen LogP contribution in [-0.2, 0) is 12.8 Å². The second-order valence-electron chi connectivity index (χ2n) is 3.85. The van der Waals surface area contributed by atoms with Crippen molar-refractivity contribution in [1.82, 2.24) is 9.78 Å². The molecule has 1 N–H and O–H groups in total. The molecule has 0 spiro atoms. The van der Waals surface area contributed by atoms with Gasteiger partial charge in [-0.05, 0) is 18.2 Å². The highest BCUT2D eigenvalue weighted by molar-refractivity contribution is 6.30. The molecule has 0 atom stereocenters. The number of rotatable bonds is 2. The van der Waals surface area contributed by atoms with Gasteiger partial charge in [-0.25, -0.2) is 4.68 Å². The Morgan fingerprint density at radius 1 is 1.40 bits per heavy atom. The highest BCUT2D eigenvalue weighted by atomic mass is 35.5. The maximum Gasteiger partial charge on any atom is 0.435 e. The zero-order valence-corrected chi connectivity index (χ0v) is 10.6. The third-order valence-corrected chi connectivity index (χ3v) is 2.96. The van der Waals surface area contributed by atoms with Crippen molar-refractivity contribution in [2.45, 2.75) is 12.8 Å². The number of nitriles is 1. The van der Waals surface area contributed by atoms with Crippen LogP contribution in [-0.4, -0.2) is 14.9 Å². The number of hydrogen-bond acceptors (Lipinski definition) is 3. The average Bonchev–Trinajstić information content (AvgIpc) is 2.75. The zero-order valence-electron chi connectivity index (χ0n) is 9.82. The van der Waals surface area contributed by atoms with Gasteiger partial charge in [0.15, 0.2) is 5.69 Å². The van der Waals surface area contributed by atoms with E-state index in [4.69, 9.17) is 22.0 Å². The molecule has 0 saturated heterocycles. The Bertz CT molecular complexity index is 688. The van der Waals surface area contributed by atoms with E-state index in [0.29, 0.717) is 0 Å². The topological polar surface area (TPSA) is 61.8 Å². The van der Waals surface area contributed by atoms with Gasteiger partial charge < -0.3 is 5.11 Å². The Morgan fingerprint density at radius 2 is 2.10 bits per heavy atom. The summed E-state index contributed by atoms with van der Waals surface area (Å²) in [6.45, 7) is -0.883. The standard InChI is InChI=1S/C12H7ClF3N3O/c13-11-9(6-20)10(12(14,15)16)18-19(11)8-3-1-2-7(4-8)5-17/h1-4,20H,6H2. The summed E-state index contributed by atoms with van der Waals surface area (Å²) < 4.78 is 39.2. The quantitative estimate of drug-likeness (QED) is 0.927. The van der Waals surface area contributed by atoms with Gasteiger partial charge in [0.2, 0.25) is 0 Å². The lowest BCUT2D eigenvalue weighted by Gasteiger charge is -2.03. The van der Waals surface area contributed by atoms with Crippen LogP contribution < -0.4 is 0 Å². The summed E-state index contributed by atoms with van der Waals surface area (Å²) in [5.41, 5.74) is -1.28. The minimum Gasteiger partial charge on any atom is -0.391 e. The third-order valence-electron chi connectivity index (χ3n) is 2.57. The van der Waals surface area contributed by atoms with Crippen LogP contribution >= 0.6 is 11.6 Å². The van der Waals surface area contributed by atoms with E-state index in [-0.39, 0.29) is 16.4 Å². The number of alkyl halides is 3. The second kappa shape index (κ2) is 5.15. The number of halogens is 4. The maximum atomic E-state index is 12.8. The average molecular weight is 302 g/mol. The van der Waals surface area contributed by atoms with Crippen LogP contribution in [0.3, 0.4) is 0 Å². The first-order valence-electron chi connectivity index (χ1n) is 5.34. The van der Waals surface area contributed by atoms with Gasteiger partial charge in [0.25, 0.3) is 0 Å². The van der Waals surface area contributed by atoms with Crippen molar-refractivity contribution < 1.29 is 18.3 Å². The van der Waals surface area contributed by atoms with Crippen molar-refractivity contribution in [2.75, 3.05) is 0 Å². The lowest BCUT2D eigenvalue weighted by atomic mass is 10.2. The van der Waals surface area contributed by atoms with Gasteiger partial charge in [-0.3, -0.25) is 0 Å². The first kappa shape index (κ1) is 14.4. The molecule has 0 bridgehead atoms. The largest absolute Gasteiger partial charge is 0.435 e. The van der Waals surface area contributed by atoms with Crippen LogP contribution in [0.25, 0.3) is 5.69 Å². The van der Waals surface area contributed by atoms with Gasteiger partial charge in [-0.2, -0.15) is 23.5 Å². The molecule has 0 unspecified atom stereocenters. The maximum absolute atomic E-state index is 12.8. The molecule has 1 aromatic carbocycles. The predicted octanol–water partition coefficient (Wildman–Crippen LogP) is 2.91. The molecule has 0 aliphatic heterocycles. The van der Waals surface area contributed by atoms with Crippen molar-refractivity contribution in [3.05, 3.63) is 46.2 Å². The summed E-state index contributed by atoms with van der Waals surface area (Å²) in [5.74, 6) is 0. The number of nitrogens with zero attached hydrogens (tertiary/aromatic N) is 3. The zero-order chi connectivity index (χ0) is 14.9. The SMILES string of the molecule is N#Cc1cccc(-n2nc(C(F)(F)F)c(CO)c2Cl)c1. The van der Waals surface area contributed by atoms with Crippen molar-refractivity contribution in [3.8, 4) is 11.8 Å². The highest BCUT2D eigenvalue weighted by Crippen LogP contribution is 2.35. The fraction of sp³-hybridized carbons (Fsp3) is 0.167. The molecule has 0 saturated carbocycles. The molecule has 2 aromatic rings. The summed E-state index contributed by atoms with van der Waals surface area (Å²) in [6, 6.07) is 7.67. The Hall–Kier alpha value is -2.04. The second-order valence-corrected chi connectivity index (χ2v) is 4.21. The van der Waals surface area contributed by atoms with E-state index in [2.05, 4.69) is 5.10 Å². The van der Waals surface area contributed by atoms with Gasteiger partial charge in [0, 0.05) is 5.56 Å². The number of aliphatic hydroxyl groups is 1. The molecule has 0 amide bonds. The van der Waals surface area contributed by atoms with Crippen LogP contribution in [0.1, 0.15) is 16.8 Å². The Labute approximate surface area is 116 Å². The van der Waals surface area contributed by atoms with Gasteiger partial charge >= 0.3 is 6.18 Å². The molecule has 0 fully saturated rings. The van der Waals surface area contributed by atoms with E-state index in [1.54, 1.807) is 0 Å². The molecular weight excluding hydrogens is 295 g/mol. The van der Waals surface area contributed by atoms with Crippen molar-refractivity contribution in [1.29, 1.82) is 5.26 Å². The summed E-state index contributed by atoms with van der Waals surface area (Å²) >= 11 is 5.82. The van der Waals surface area contributed by atoms with Crippen molar-refractivity contribution >= 4 is 11.6 Å². The van der Waals surface area contributed by atoms with Crippen LogP contribution in [0.5, 0.6) is 0 Å². The molecular formula is C12H7ClF3N3O. The van der Waals surface area contributed by atoms with Crippen molar-refractivity contribution in [2.24, 2.45) is 0 Å². The predicted molar refractivity (Wildman–Crippen MR) is 64.2 cm³/mol. The van der Waals surface area contributed by atoms with Gasteiger partial charge in [-0.1, -0.05) is 17.7 Å². The van der Waals surface area contributed by atoms with E-state index in [1.807, 2.05) is 6.07 Å². The van der Waals surface area contributed by atoms with Gasteiger partial charge in [0.05, 0.1) is 23.9 Å². The number of hydrogen-bond donors (Lipinski definition) is 1. The Morgan fingerprint density at radius 3 is 2.60 bits per heavy atom. The Balaban J connectivity index is 2.64. The molecule has 0 aliphatic rings. The van der Waals surface area contributed by atoms with Crippen LogP contribution in [0, 0.1) is 11.3 Å². The molecule has 2 rings (SSSR count). The van der Waals surface area contributed by atoms with Crippen LogP contribution in [0.2, 0.25) is 5.15 Å². The molecule has 20 heavy (non-hydrogen) atoms. The van der Waals surface area contributed by atoms with E-state index in [9.17, 15) is 13.2 Å². The molecule has 8 heteroatoms. The fourth-order valence-electron chi connectivity index (χ4n) is 1.68. The molecule has 4 nitrogen and oxygen atoms in total. The number of aromatic nitrogens is 2. The van der Waals surface area contributed by atoms with Gasteiger partial charge in [0.1, 0.15) is 5.15 Å². The van der Waals surface area contributed by atoms with E-state index in [1.165, 1.54) is 24.3 Å². The fourth-order valence-corrected chi connectivity index (χ4v) is 1.96. The summed E-state index contributed by atoms with van der Waals surface area (Å²) in [4.78, 5) is 0. The van der Waals surface area contributed by atoms with E-state index in [0.717, 1.165) is 4.68 Å². The van der Waals surface area contributed by atoms with E-state index >= 15 is 0 Å². The molecule has 0 aliphatic carbocycles. The monoisotopic (exact) mass is 301 g/mol. The van der Waals surface area contributed by atoms with Crippen molar-refractivity contribution in [3.63, 3.8) is 0 Å². The first-order chi connectivity index (χ1) is 9.38. The summed E-state index contributed by atoms with van der Waals surface area (Å²) in [5, 5.41) is 20.9. The molecule has 104 valence electrons. The number of benzene rings is 1. The Kier molecular flexibility index (Phi) is 3.70. The van der Waals surface area contributed by atoms with E-state index < -0.39 is 24.0 Å². The summed E-state index contributed by atoms with van der Waals surface area (Å²) in [7, 11) is 0. The molecule has 0 radical (unpaired) electrons. The smallest absolute Gasteiger partial charge is 0.391 e. The lowest BCUT2D eigenvalue weighted by molar-refractivity contribution is -0.142.